The molecule has 2 aromatic carbocycles. The predicted octanol–water partition coefficient (Wildman–Crippen LogP) is 3.70. The van der Waals surface area contributed by atoms with Gasteiger partial charge >= 0.3 is 0 Å². The van der Waals surface area contributed by atoms with E-state index >= 15 is 0 Å². The standard InChI is InChI=1S/C17H16ClN3O/c1-11-6-7-15(8-12(11)2)21-17(16(10-22)19-20-21)13-4-3-5-14(18)9-13/h3-9,22H,10H2,1-2H3. The van der Waals surface area contributed by atoms with E-state index in [-0.39, 0.29) is 6.61 Å². The van der Waals surface area contributed by atoms with E-state index in [4.69, 9.17) is 11.6 Å². The third kappa shape index (κ3) is 2.63. The van der Waals surface area contributed by atoms with Gasteiger partial charge in [0.1, 0.15) is 11.4 Å². The van der Waals surface area contributed by atoms with E-state index < -0.39 is 0 Å². The van der Waals surface area contributed by atoms with Crippen LogP contribution in [0.1, 0.15) is 16.8 Å². The van der Waals surface area contributed by atoms with Crippen LogP contribution in [0.15, 0.2) is 42.5 Å². The fourth-order valence-electron chi connectivity index (χ4n) is 2.38. The van der Waals surface area contributed by atoms with Gasteiger partial charge in [0.2, 0.25) is 0 Å². The summed E-state index contributed by atoms with van der Waals surface area (Å²) in [5.74, 6) is 0. The van der Waals surface area contributed by atoms with Gasteiger partial charge in [0.25, 0.3) is 0 Å². The third-order valence-corrected chi connectivity index (χ3v) is 3.96. The van der Waals surface area contributed by atoms with Crippen LogP contribution in [0, 0.1) is 13.8 Å². The summed E-state index contributed by atoms with van der Waals surface area (Å²) >= 11 is 6.09. The molecule has 0 unspecified atom stereocenters. The van der Waals surface area contributed by atoms with Crippen LogP contribution < -0.4 is 0 Å². The number of aliphatic hydroxyl groups is 1. The molecule has 0 bridgehead atoms. The zero-order chi connectivity index (χ0) is 15.7. The van der Waals surface area contributed by atoms with Crippen LogP contribution in [0.2, 0.25) is 5.02 Å². The zero-order valence-electron chi connectivity index (χ0n) is 12.4. The largest absolute Gasteiger partial charge is 0.390 e. The molecule has 1 aromatic heterocycles. The lowest BCUT2D eigenvalue weighted by atomic mass is 10.1. The summed E-state index contributed by atoms with van der Waals surface area (Å²) in [6.45, 7) is 3.95. The maximum absolute atomic E-state index is 9.56. The number of halogens is 1. The first-order valence-corrected chi connectivity index (χ1v) is 7.37. The molecule has 1 N–H and O–H groups in total. The molecule has 0 saturated heterocycles. The maximum atomic E-state index is 9.56. The second kappa shape index (κ2) is 5.91. The van der Waals surface area contributed by atoms with Gasteiger partial charge in [-0.25, -0.2) is 4.68 Å². The molecule has 0 fully saturated rings. The van der Waals surface area contributed by atoms with Gasteiger partial charge in [-0.05, 0) is 49.2 Å². The van der Waals surface area contributed by atoms with Gasteiger partial charge in [0, 0.05) is 10.6 Å². The average molecular weight is 314 g/mol. The van der Waals surface area contributed by atoms with Crippen molar-refractivity contribution in [3.05, 3.63) is 64.3 Å². The van der Waals surface area contributed by atoms with Crippen molar-refractivity contribution in [2.24, 2.45) is 0 Å². The maximum Gasteiger partial charge on any atom is 0.117 e. The summed E-state index contributed by atoms with van der Waals surface area (Å²) in [4.78, 5) is 0. The van der Waals surface area contributed by atoms with E-state index in [2.05, 4.69) is 30.2 Å². The van der Waals surface area contributed by atoms with E-state index in [9.17, 15) is 5.11 Å². The topological polar surface area (TPSA) is 50.9 Å². The number of hydrogen-bond acceptors (Lipinski definition) is 3. The molecule has 0 atom stereocenters. The Kier molecular flexibility index (Phi) is 3.96. The number of aromatic nitrogens is 3. The fourth-order valence-corrected chi connectivity index (χ4v) is 2.57. The smallest absolute Gasteiger partial charge is 0.117 e. The minimum atomic E-state index is -0.174. The number of rotatable bonds is 3. The highest BCUT2D eigenvalue weighted by Gasteiger charge is 2.16. The molecule has 112 valence electrons. The van der Waals surface area contributed by atoms with E-state index in [1.165, 1.54) is 11.1 Å². The molecule has 5 heteroatoms. The predicted molar refractivity (Wildman–Crippen MR) is 87.2 cm³/mol. The molecule has 0 saturated carbocycles. The number of benzene rings is 2. The molecule has 0 radical (unpaired) electrons. The molecule has 3 aromatic rings. The minimum Gasteiger partial charge on any atom is -0.390 e. The fraction of sp³-hybridized carbons (Fsp3) is 0.176. The Balaban J connectivity index is 2.21. The molecule has 0 amide bonds. The average Bonchev–Trinajstić information content (AvgIpc) is 2.94. The highest BCUT2D eigenvalue weighted by Crippen LogP contribution is 2.28. The van der Waals surface area contributed by atoms with E-state index in [0.717, 1.165) is 16.9 Å². The highest BCUT2D eigenvalue weighted by atomic mass is 35.5. The Labute approximate surface area is 134 Å². The van der Waals surface area contributed by atoms with Gasteiger partial charge in [0.15, 0.2) is 0 Å². The van der Waals surface area contributed by atoms with Crippen LogP contribution in [0.3, 0.4) is 0 Å². The van der Waals surface area contributed by atoms with Gasteiger partial charge < -0.3 is 5.11 Å². The van der Waals surface area contributed by atoms with Crippen molar-refractivity contribution in [3.63, 3.8) is 0 Å². The first-order chi connectivity index (χ1) is 10.6. The lowest BCUT2D eigenvalue weighted by molar-refractivity contribution is 0.277. The second-order valence-electron chi connectivity index (χ2n) is 5.23. The van der Waals surface area contributed by atoms with Crippen LogP contribution in [-0.4, -0.2) is 20.1 Å². The van der Waals surface area contributed by atoms with Gasteiger partial charge in [-0.15, -0.1) is 5.10 Å². The zero-order valence-corrected chi connectivity index (χ0v) is 13.2. The van der Waals surface area contributed by atoms with Crippen LogP contribution in [0.5, 0.6) is 0 Å². The van der Waals surface area contributed by atoms with E-state index in [1.54, 1.807) is 4.68 Å². The summed E-state index contributed by atoms with van der Waals surface area (Å²) in [5.41, 5.74) is 5.46. The molecule has 0 aliphatic rings. The Bertz CT molecular complexity index is 827. The van der Waals surface area contributed by atoms with E-state index in [0.29, 0.717) is 10.7 Å². The number of hydrogen-bond donors (Lipinski definition) is 1. The van der Waals surface area contributed by atoms with Crippen LogP contribution >= 0.6 is 11.6 Å². The van der Waals surface area contributed by atoms with Crippen LogP contribution in [-0.2, 0) is 6.61 Å². The highest BCUT2D eigenvalue weighted by molar-refractivity contribution is 6.30. The van der Waals surface area contributed by atoms with E-state index in [1.807, 2.05) is 36.4 Å². The molecule has 1 heterocycles. The van der Waals surface area contributed by atoms with Gasteiger partial charge in [-0.3, -0.25) is 0 Å². The normalized spacial score (nSPS) is 10.9. The molecule has 4 nitrogen and oxygen atoms in total. The Hall–Kier alpha value is -2.17. The van der Waals surface area contributed by atoms with Gasteiger partial charge in [0.05, 0.1) is 12.3 Å². The summed E-state index contributed by atoms with van der Waals surface area (Å²) in [7, 11) is 0. The van der Waals surface area contributed by atoms with Crippen molar-refractivity contribution >= 4 is 11.6 Å². The van der Waals surface area contributed by atoms with Crippen molar-refractivity contribution in [3.8, 4) is 16.9 Å². The molecule has 0 aliphatic heterocycles. The summed E-state index contributed by atoms with van der Waals surface area (Å²) in [6, 6.07) is 13.6. The molecule has 0 aliphatic carbocycles. The van der Waals surface area contributed by atoms with Gasteiger partial charge in [-0.2, -0.15) is 0 Å². The monoisotopic (exact) mass is 313 g/mol. The Morgan fingerprint density at radius 1 is 1.09 bits per heavy atom. The first-order valence-electron chi connectivity index (χ1n) is 6.99. The molecular weight excluding hydrogens is 298 g/mol. The number of aliphatic hydroxyl groups excluding tert-OH is 1. The second-order valence-corrected chi connectivity index (χ2v) is 5.67. The van der Waals surface area contributed by atoms with Crippen molar-refractivity contribution in [2.75, 3.05) is 0 Å². The quantitative estimate of drug-likeness (QED) is 0.802. The summed E-state index contributed by atoms with van der Waals surface area (Å²) in [5, 5.41) is 18.5. The Morgan fingerprint density at radius 3 is 2.59 bits per heavy atom. The summed E-state index contributed by atoms with van der Waals surface area (Å²) < 4.78 is 1.74. The molecule has 22 heavy (non-hydrogen) atoms. The van der Waals surface area contributed by atoms with Crippen molar-refractivity contribution in [1.82, 2.24) is 15.0 Å². The number of aryl methyl sites for hydroxylation is 2. The third-order valence-electron chi connectivity index (χ3n) is 3.72. The van der Waals surface area contributed by atoms with Crippen molar-refractivity contribution in [1.29, 1.82) is 0 Å². The number of nitrogens with zero attached hydrogens (tertiary/aromatic N) is 3. The lowest BCUT2D eigenvalue weighted by Gasteiger charge is -2.10. The molecular formula is C17H16ClN3O. The summed E-state index contributed by atoms with van der Waals surface area (Å²) in [6.07, 6.45) is 0. The van der Waals surface area contributed by atoms with Crippen molar-refractivity contribution < 1.29 is 5.11 Å². The van der Waals surface area contributed by atoms with Crippen LogP contribution in [0.25, 0.3) is 16.9 Å². The molecule has 0 spiro atoms. The van der Waals surface area contributed by atoms with Crippen molar-refractivity contribution in [2.45, 2.75) is 20.5 Å². The van der Waals surface area contributed by atoms with Gasteiger partial charge in [-0.1, -0.05) is 35.0 Å². The van der Waals surface area contributed by atoms with Crippen LogP contribution in [0.4, 0.5) is 0 Å². The SMILES string of the molecule is Cc1ccc(-n2nnc(CO)c2-c2cccc(Cl)c2)cc1C. The Morgan fingerprint density at radius 2 is 1.91 bits per heavy atom. The first kappa shape index (κ1) is 14.8. The lowest BCUT2D eigenvalue weighted by Crippen LogP contribution is -2.01. The minimum absolute atomic E-state index is 0.174. The molecule has 3 rings (SSSR count).